The summed E-state index contributed by atoms with van der Waals surface area (Å²) in [5.74, 6) is 0.224. The van der Waals surface area contributed by atoms with Crippen LogP contribution in [0.25, 0.3) is 22.6 Å². The summed E-state index contributed by atoms with van der Waals surface area (Å²) in [7, 11) is 1.37. The van der Waals surface area contributed by atoms with Crippen molar-refractivity contribution in [1.29, 1.82) is 0 Å². The zero-order valence-corrected chi connectivity index (χ0v) is 12.5. The van der Waals surface area contributed by atoms with Gasteiger partial charge in [-0.3, -0.25) is 0 Å². The summed E-state index contributed by atoms with van der Waals surface area (Å²) in [6.45, 7) is 2.02. The lowest BCUT2D eigenvalue weighted by atomic mass is 10.1. The Morgan fingerprint density at radius 2 is 1.68 bits per heavy atom. The Balaban J connectivity index is 2.13. The van der Waals surface area contributed by atoms with Crippen molar-refractivity contribution in [1.82, 2.24) is 9.97 Å². The maximum absolute atomic E-state index is 12.0. The third kappa shape index (κ3) is 2.63. The predicted molar refractivity (Wildman–Crippen MR) is 85.5 cm³/mol. The van der Waals surface area contributed by atoms with Crippen LogP contribution < -0.4 is 0 Å². The zero-order valence-electron chi connectivity index (χ0n) is 12.5. The Labute approximate surface area is 128 Å². The van der Waals surface area contributed by atoms with Crippen molar-refractivity contribution in [3.8, 4) is 22.6 Å². The molecule has 0 radical (unpaired) electrons. The van der Waals surface area contributed by atoms with E-state index in [2.05, 4.69) is 9.97 Å². The number of imidazole rings is 1. The highest BCUT2D eigenvalue weighted by Crippen LogP contribution is 2.26. The van der Waals surface area contributed by atoms with Crippen LogP contribution in [0.4, 0.5) is 0 Å². The van der Waals surface area contributed by atoms with Gasteiger partial charge in [-0.05, 0) is 6.92 Å². The number of aromatic nitrogens is 2. The van der Waals surface area contributed by atoms with Crippen molar-refractivity contribution in [3.63, 3.8) is 0 Å². The molecule has 22 heavy (non-hydrogen) atoms. The number of hydrogen-bond donors (Lipinski definition) is 1. The van der Waals surface area contributed by atoms with Crippen LogP contribution in [0.2, 0.25) is 0 Å². The molecule has 1 heterocycles. The molecule has 1 N–H and O–H groups in total. The van der Waals surface area contributed by atoms with E-state index in [0.717, 1.165) is 16.7 Å². The van der Waals surface area contributed by atoms with Gasteiger partial charge in [-0.15, -0.1) is 0 Å². The maximum Gasteiger partial charge on any atom is 0.356 e. The van der Waals surface area contributed by atoms with Gasteiger partial charge < -0.3 is 9.72 Å². The van der Waals surface area contributed by atoms with Gasteiger partial charge in [0.25, 0.3) is 0 Å². The predicted octanol–water partition coefficient (Wildman–Crippen LogP) is 3.84. The van der Waals surface area contributed by atoms with Crippen LogP contribution >= 0.6 is 0 Å². The summed E-state index contributed by atoms with van der Waals surface area (Å²) in [5, 5.41) is 0. The molecule has 0 saturated heterocycles. The SMILES string of the molecule is COC(=O)c1[nH]c(-c2ccccc2)nc1-c1ccc(C)cc1. The number of rotatable bonds is 3. The first-order valence-corrected chi connectivity index (χ1v) is 7.00. The van der Waals surface area contributed by atoms with Crippen LogP contribution in [-0.4, -0.2) is 23.0 Å². The molecular weight excluding hydrogens is 276 g/mol. The highest BCUT2D eigenvalue weighted by atomic mass is 16.5. The topological polar surface area (TPSA) is 55.0 Å². The summed E-state index contributed by atoms with van der Waals surface area (Å²) in [6, 6.07) is 17.6. The van der Waals surface area contributed by atoms with Gasteiger partial charge in [0.2, 0.25) is 0 Å². The molecule has 0 saturated carbocycles. The first-order chi connectivity index (χ1) is 10.7. The molecule has 0 aliphatic heterocycles. The van der Waals surface area contributed by atoms with Crippen LogP contribution in [0, 0.1) is 6.92 Å². The van der Waals surface area contributed by atoms with Gasteiger partial charge in [-0.25, -0.2) is 9.78 Å². The maximum atomic E-state index is 12.0. The number of ether oxygens (including phenoxy) is 1. The van der Waals surface area contributed by atoms with E-state index in [0.29, 0.717) is 17.2 Å². The summed E-state index contributed by atoms with van der Waals surface area (Å²) in [6.07, 6.45) is 0. The number of esters is 1. The number of H-pyrrole nitrogens is 1. The Hall–Kier alpha value is -2.88. The molecule has 0 spiro atoms. The van der Waals surface area contributed by atoms with E-state index in [-0.39, 0.29) is 0 Å². The third-order valence-electron chi connectivity index (χ3n) is 3.47. The number of carbonyl (C=O) groups excluding carboxylic acids is 1. The molecular formula is C18H16N2O2. The summed E-state index contributed by atoms with van der Waals surface area (Å²) >= 11 is 0. The fourth-order valence-corrected chi connectivity index (χ4v) is 2.28. The van der Waals surface area contributed by atoms with Gasteiger partial charge in [0.1, 0.15) is 11.5 Å². The first-order valence-electron chi connectivity index (χ1n) is 7.00. The molecule has 110 valence electrons. The number of nitrogens with one attached hydrogen (secondary N) is 1. The molecule has 3 aromatic rings. The molecule has 3 rings (SSSR count). The fraction of sp³-hybridized carbons (Fsp3) is 0.111. The van der Waals surface area contributed by atoms with Gasteiger partial charge in [0.05, 0.1) is 7.11 Å². The second-order valence-corrected chi connectivity index (χ2v) is 5.03. The second kappa shape index (κ2) is 5.85. The monoisotopic (exact) mass is 292 g/mol. The minimum absolute atomic E-state index is 0.366. The number of benzene rings is 2. The minimum Gasteiger partial charge on any atom is -0.464 e. The molecule has 0 unspecified atom stereocenters. The Kier molecular flexibility index (Phi) is 3.74. The van der Waals surface area contributed by atoms with Crippen molar-refractivity contribution in [3.05, 3.63) is 65.9 Å². The van der Waals surface area contributed by atoms with Gasteiger partial charge in [0.15, 0.2) is 5.69 Å². The van der Waals surface area contributed by atoms with E-state index in [1.54, 1.807) is 0 Å². The Morgan fingerprint density at radius 3 is 2.32 bits per heavy atom. The first kappa shape index (κ1) is 14.1. The molecule has 0 fully saturated rings. The summed E-state index contributed by atoms with van der Waals surface area (Å²) in [5.41, 5.74) is 3.92. The molecule has 0 amide bonds. The average Bonchev–Trinajstić information content (AvgIpc) is 3.01. The highest BCUT2D eigenvalue weighted by molar-refractivity contribution is 5.95. The number of nitrogens with zero attached hydrogens (tertiary/aromatic N) is 1. The fourth-order valence-electron chi connectivity index (χ4n) is 2.28. The lowest BCUT2D eigenvalue weighted by Crippen LogP contribution is -2.03. The van der Waals surface area contributed by atoms with Crippen molar-refractivity contribution in [2.45, 2.75) is 6.92 Å². The smallest absolute Gasteiger partial charge is 0.356 e. The lowest BCUT2D eigenvalue weighted by molar-refractivity contribution is 0.0595. The average molecular weight is 292 g/mol. The number of hydrogen-bond acceptors (Lipinski definition) is 3. The van der Waals surface area contributed by atoms with E-state index in [4.69, 9.17) is 4.74 Å². The molecule has 0 aliphatic carbocycles. The van der Waals surface area contributed by atoms with E-state index < -0.39 is 5.97 Å². The molecule has 1 aromatic heterocycles. The third-order valence-corrected chi connectivity index (χ3v) is 3.47. The molecule has 4 heteroatoms. The Morgan fingerprint density at radius 1 is 1.00 bits per heavy atom. The summed E-state index contributed by atoms with van der Waals surface area (Å²) in [4.78, 5) is 19.7. The van der Waals surface area contributed by atoms with Crippen molar-refractivity contribution < 1.29 is 9.53 Å². The van der Waals surface area contributed by atoms with Crippen LogP contribution in [0.5, 0.6) is 0 Å². The van der Waals surface area contributed by atoms with Gasteiger partial charge in [0, 0.05) is 11.1 Å². The second-order valence-electron chi connectivity index (χ2n) is 5.03. The highest BCUT2D eigenvalue weighted by Gasteiger charge is 2.19. The number of aryl methyl sites for hydroxylation is 1. The minimum atomic E-state index is -0.426. The van der Waals surface area contributed by atoms with E-state index >= 15 is 0 Å². The van der Waals surface area contributed by atoms with E-state index in [1.165, 1.54) is 7.11 Å². The molecule has 4 nitrogen and oxygen atoms in total. The van der Waals surface area contributed by atoms with Crippen LogP contribution in [0.15, 0.2) is 54.6 Å². The van der Waals surface area contributed by atoms with Crippen molar-refractivity contribution in [2.75, 3.05) is 7.11 Å². The lowest BCUT2D eigenvalue weighted by Gasteiger charge is -2.01. The standard InChI is InChI=1S/C18H16N2O2/c1-12-8-10-13(11-9-12)15-16(18(21)22-2)20-17(19-15)14-6-4-3-5-7-14/h3-11H,1-2H3,(H,19,20). The van der Waals surface area contributed by atoms with Crippen LogP contribution in [-0.2, 0) is 4.74 Å². The van der Waals surface area contributed by atoms with Gasteiger partial charge >= 0.3 is 5.97 Å². The number of aromatic amines is 1. The van der Waals surface area contributed by atoms with Gasteiger partial charge in [-0.1, -0.05) is 60.2 Å². The Bertz CT molecular complexity index is 790. The molecule has 2 aromatic carbocycles. The zero-order chi connectivity index (χ0) is 15.5. The van der Waals surface area contributed by atoms with Crippen LogP contribution in [0.3, 0.4) is 0 Å². The normalized spacial score (nSPS) is 10.5. The largest absolute Gasteiger partial charge is 0.464 e. The quantitative estimate of drug-likeness (QED) is 0.746. The summed E-state index contributed by atoms with van der Waals surface area (Å²) < 4.78 is 4.86. The van der Waals surface area contributed by atoms with E-state index in [9.17, 15) is 4.79 Å². The molecule has 0 bridgehead atoms. The van der Waals surface area contributed by atoms with Gasteiger partial charge in [-0.2, -0.15) is 0 Å². The molecule has 0 aliphatic rings. The van der Waals surface area contributed by atoms with Crippen LogP contribution in [0.1, 0.15) is 16.1 Å². The number of methoxy groups -OCH3 is 1. The molecule has 0 atom stereocenters. The van der Waals surface area contributed by atoms with Crippen molar-refractivity contribution >= 4 is 5.97 Å². The van der Waals surface area contributed by atoms with Crippen molar-refractivity contribution in [2.24, 2.45) is 0 Å². The number of carbonyl (C=O) groups is 1. The van der Waals surface area contributed by atoms with E-state index in [1.807, 2.05) is 61.5 Å².